The van der Waals surface area contributed by atoms with E-state index in [1.54, 1.807) is 12.1 Å². The summed E-state index contributed by atoms with van der Waals surface area (Å²) in [6.45, 7) is 3.77. The number of allylic oxidation sites excluding steroid dienone is 1. The summed E-state index contributed by atoms with van der Waals surface area (Å²) in [5.41, 5.74) is 4.77. The molecule has 0 bridgehead atoms. The molecule has 0 aliphatic rings. The number of anilines is 1. The highest BCUT2D eigenvalue weighted by Crippen LogP contribution is 2.33. The molecule has 0 aliphatic heterocycles. The van der Waals surface area contributed by atoms with Gasteiger partial charge in [0, 0.05) is 11.1 Å². The smallest absolute Gasteiger partial charge is 0.342 e. The van der Waals surface area contributed by atoms with Crippen LogP contribution < -0.4 is 20.8 Å². The van der Waals surface area contributed by atoms with E-state index in [0.29, 0.717) is 23.5 Å². The molecular weight excluding hydrogens is 428 g/mol. The van der Waals surface area contributed by atoms with Crippen molar-refractivity contribution in [3.63, 3.8) is 0 Å². The first-order valence-corrected chi connectivity index (χ1v) is 9.79. The summed E-state index contributed by atoms with van der Waals surface area (Å²) in [5, 5.41) is 19.3. The molecule has 3 aromatic rings. The van der Waals surface area contributed by atoms with Gasteiger partial charge in [0.05, 0.1) is 7.11 Å². The van der Waals surface area contributed by atoms with Crippen molar-refractivity contribution in [3.05, 3.63) is 87.7 Å². The van der Waals surface area contributed by atoms with Crippen molar-refractivity contribution in [1.82, 2.24) is 4.98 Å². The van der Waals surface area contributed by atoms with E-state index < -0.39 is 34.4 Å². The lowest BCUT2D eigenvalue weighted by Gasteiger charge is -2.16. The Kier molecular flexibility index (Phi) is 6.82. The summed E-state index contributed by atoms with van der Waals surface area (Å²) in [4.78, 5) is 38.1. The van der Waals surface area contributed by atoms with Gasteiger partial charge in [-0.15, -0.1) is 6.58 Å². The Morgan fingerprint density at radius 1 is 1.06 bits per heavy atom. The number of aromatic amines is 1. The molecule has 1 heterocycles. The standard InChI is InChI=1S/C24H22N2O7/c1-3-6-13-7-4-5-8-17(13)33-12-15-11-14(9-10-16(15)32-2)18-19(23(28)29)21(25)26-22(27)20(18)24(30)31/h3-5,7-11H,1,6,12H2,2H3,(H,28,29)(H,30,31)(H3,25,26,27). The van der Waals surface area contributed by atoms with Gasteiger partial charge in [0.25, 0.3) is 5.56 Å². The van der Waals surface area contributed by atoms with Gasteiger partial charge < -0.3 is 30.4 Å². The number of carbonyl (C=O) groups is 2. The number of aromatic nitrogens is 1. The second-order valence-electron chi connectivity index (χ2n) is 7.02. The molecule has 0 radical (unpaired) electrons. The molecule has 170 valence electrons. The van der Waals surface area contributed by atoms with E-state index in [9.17, 15) is 24.6 Å². The van der Waals surface area contributed by atoms with E-state index in [1.807, 2.05) is 18.2 Å². The number of pyridine rings is 1. The van der Waals surface area contributed by atoms with Crippen LogP contribution in [0.1, 0.15) is 31.8 Å². The number of methoxy groups -OCH3 is 1. The number of nitrogens with two attached hydrogens (primary N) is 1. The Labute approximate surface area is 188 Å². The van der Waals surface area contributed by atoms with E-state index in [0.717, 1.165) is 5.56 Å². The van der Waals surface area contributed by atoms with Crippen LogP contribution in [0.25, 0.3) is 11.1 Å². The van der Waals surface area contributed by atoms with Crippen LogP contribution in [0.3, 0.4) is 0 Å². The summed E-state index contributed by atoms with van der Waals surface area (Å²) in [5.74, 6) is -2.44. The van der Waals surface area contributed by atoms with Crippen molar-refractivity contribution in [2.24, 2.45) is 0 Å². The number of hydrogen-bond donors (Lipinski definition) is 4. The van der Waals surface area contributed by atoms with Gasteiger partial charge in [0.1, 0.15) is 35.1 Å². The van der Waals surface area contributed by atoms with Gasteiger partial charge in [-0.3, -0.25) is 4.79 Å². The maximum absolute atomic E-state index is 12.3. The van der Waals surface area contributed by atoms with E-state index in [4.69, 9.17) is 15.2 Å². The molecule has 0 fully saturated rings. The largest absolute Gasteiger partial charge is 0.496 e. The number of carboxylic acid groups (broad SMARTS) is 2. The van der Waals surface area contributed by atoms with E-state index in [2.05, 4.69) is 11.6 Å². The third-order valence-electron chi connectivity index (χ3n) is 4.96. The lowest BCUT2D eigenvalue weighted by Crippen LogP contribution is -2.24. The second-order valence-corrected chi connectivity index (χ2v) is 7.02. The number of ether oxygens (including phenoxy) is 2. The predicted molar refractivity (Wildman–Crippen MR) is 122 cm³/mol. The summed E-state index contributed by atoms with van der Waals surface area (Å²) in [6, 6.07) is 11.9. The monoisotopic (exact) mass is 450 g/mol. The maximum Gasteiger partial charge on any atom is 0.342 e. The molecule has 0 aliphatic carbocycles. The Balaban J connectivity index is 2.14. The van der Waals surface area contributed by atoms with Gasteiger partial charge >= 0.3 is 11.9 Å². The molecule has 9 nitrogen and oxygen atoms in total. The number of para-hydroxylation sites is 1. The zero-order valence-corrected chi connectivity index (χ0v) is 17.8. The number of hydrogen-bond acceptors (Lipinski definition) is 6. The third kappa shape index (κ3) is 4.72. The zero-order chi connectivity index (χ0) is 24.1. The van der Waals surface area contributed by atoms with Crippen LogP contribution in [0.4, 0.5) is 5.82 Å². The fraction of sp³-hybridized carbons (Fsp3) is 0.125. The fourth-order valence-corrected chi connectivity index (χ4v) is 3.51. The predicted octanol–water partition coefficient (Wildman–Crippen LogP) is 3.34. The molecular formula is C24H22N2O7. The summed E-state index contributed by atoms with van der Waals surface area (Å²) in [6.07, 6.45) is 2.35. The number of aromatic carboxylic acids is 2. The summed E-state index contributed by atoms with van der Waals surface area (Å²) < 4.78 is 11.3. The molecule has 1 aromatic heterocycles. The second kappa shape index (κ2) is 9.73. The minimum Gasteiger partial charge on any atom is -0.496 e. The summed E-state index contributed by atoms with van der Waals surface area (Å²) in [7, 11) is 1.46. The van der Waals surface area contributed by atoms with Crippen LogP contribution in [0.15, 0.2) is 59.9 Å². The first kappa shape index (κ1) is 23.1. The first-order valence-electron chi connectivity index (χ1n) is 9.79. The summed E-state index contributed by atoms with van der Waals surface area (Å²) >= 11 is 0. The zero-order valence-electron chi connectivity index (χ0n) is 17.8. The molecule has 5 N–H and O–H groups in total. The van der Waals surface area contributed by atoms with Crippen molar-refractivity contribution >= 4 is 17.8 Å². The molecule has 0 saturated heterocycles. The number of nitrogen functional groups attached to an aromatic ring is 1. The fourth-order valence-electron chi connectivity index (χ4n) is 3.51. The van der Waals surface area contributed by atoms with E-state index >= 15 is 0 Å². The minimum absolute atomic E-state index is 0.0364. The molecule has 3 rings (SSSR count). The van der Waals surface area contributed by atoms with Crippen LogP contribution in [0.2, 0.25) is 0 Å². The molecule has 0 amide bonds. The molecule has 33 heavy (non-hydrogen) atoms. The Morgan fingerprint density at radius 2 is 1.76 bits per heavy atom. The maximum atomic E-state index is 12.3. The van der Waals surface area contributed by atoms with E-state index in [-0.39, 0.29) is 17.7 Å². The normalized spacial score (nSPS) is 10.5. The van der Waals surface area contributed by atoms with E-state index in [1.165, 1.54) is 25.3 Å². The lowest BCUT2D eigenvalue weighted by molar-refractivity contribution is 0.0695. The van der Waals surface area contributed by atoms with Gasteiger partial charge in [-0.1, -0.05) is 30.3 Å². The van der Waals surface area contributed by atoms with Crippen molar-refractivity contribution in [2.75, 3.05) is 12.8 Å². The van der Waals surface area contributed by atoms with Crippen molar-refractivity contribution in [1.29, 1.82) is 0 Å². The Morgan fingerprint density at radius 3 is 2.39 bits per heavy atom. The van der Waals surface area contributed by atoms with Gasteiger partial charge in [-0.25, -0.2) is 9.59 Å². The number of benzene rings is 2. The Bertz CT molecular complexity index is 1290. The highest BCUT2D eigenvalue weighted by atomic mass is 16.5. The average Bonchev–Trinajstić information content (AvgIpc) is 2.77. The van der Waals surface area contributed by atoms with Crippen LogP contribution >= 0.6 is 0 Å². The Hall–Kier alpha value is -4.53. The van der Waals surface area contributed by atoms with Gasteiger partial charge in [0.2, 0.25) is 0 Å². The molecule has 0 unspecified atom stereocenters. The van der Waals surface area contributed by atoms with Crippen molar-refractivity contribution in [3.8, 4) is 22.6 Å². The van der Waals surface area contributed by atoms with Gasteiger partial charge in [-0.2, -0.15) is 0 Å². The topological polar surface area (TPSA) is 152 Å². The number of H-pyrrole nitrogens is 1. The third-order valence-corrected chi connectivity index (χ3v) is 4.96. The number of carboxylic acids is 2. The van der Waals surface area contributed by atoms with Crippen molar-refractivity contribution in [2.45, 2.75) is 13.0 Å². The molecule has 9 heteroatoms. The highest BCUT2D eigenvalue weighted by Gasteiger charge is 2.27. The minimum atomic E-state index is -1.58. The van der Waals surface area contributed by atoms with Crippen LogP contribution in [-0.2, 0) is 13.0 Å². The SMILES string of the molecule is C=CCc1ccccc1OCc1cc(-c2c(C(=O)O)c(N)[nH]c(=O)c2C(=O)O)ccc1OC. The van der Waals surface area contributed by atoms with Crippen LogP contribution in [0.5, 0.6) is 11.5 Å². The quantitative estimate of drug-likeness (QED) is 0.362. The van der Waals surface area contributed by atoms with Crippen LogP contribution in [0, 0.1) is 0 Å². The van der Waals surface area contributed by atoms with Gasteiger partial charge in [-0.05, 0) is 35.7 Å². The molecule has 0 spiro atoms. The van der Waals surface area contributed by atoms with Gasteiger partial charge in [0.15, 0.2) is 0 Å². The molecule has 2 aromatic carbocycles. The number of rotatable bonds is 9. The number of nitrogens with one attached hydrogen (secondary N) is 1. The van der Waals surface area contributed by atoms with Crippen LogP contribution in [-0.4, -0.2) is 34.2 Å². The first-order chi connectivity index (χ1) is 15.8. The molecule has 0 saturated carbocycles. The average molecular weight is 450 g/mol. The molecule has 0 atom stereocenters. The lowest BCUT2D eigenvalue weighted by atomic mass is 9.94. The van der Waals surface area contributed by atoms with Crippen molar-refractivity contribution < 1.29 is 29.3 Å². The highest BCUT2D eigenvalue weighted by molar-refractivity contribution is 6.07.